The molecule has 1 unspecified atom stereocenters. The van der Waals surface area contributed by atoms with E-state index < -0.39 is 17.9 Å². The minimum Gasteiger partial charge on any atom is -0.377 e. The Morgan fingerprint density at radius 3 is 1.59 bits per heavy atom. The van der Waals surface area contributed by atoms with Gasteiger partial charge in [-0.15, -0.1) is 0 Å². The summed E-state index contributed by atoms with van der Waals surface area (Å²) in [6.07, 6.45) is 0.265. The van der Waals surface area contributed by atoms with E-state index in [1.807, 2.05) is 6.55 Å². The highest BCUT2D eigenvalue weighted by Crippen LogP contribution is 2.10. The van der Waals surface area contributed by atoms with Gasteiger partial charge in [0, 0.05) is 49.2 Å². The van der Waals surface area contributed by atoms with Crippen LogP contribution in [0.1, 0.15) is 0 Å². The second kappa shape index (κ2) is 11.6. The third-order valence-corrected chi connectivity index (χ3v) is 6.98. The van der Waals surface area contributed by atoms with Gasteiger partial charge in [-0.05, 0) is 0 Å². The van der Waals surface area contributed by atoms with Crippen molar-refractivity contribution in [2.75, 3.05) is 62.7 Å². The van der Waals surface area contributed by atoms with Crippen molar-refractivity contribution in [3.63, 3.8) is 0 Å². The molecule has 0 radical (unpaired) electrons. The van der Waals surface area contributed by atoms with Gasteiger partial charge in [-0.25, -0.2) is 0 Å². The molecule has 9 nitrogen and oxygen atoms in total. The number of ether oxygens (including phenoxy) is 2. The number of rotatable bonds is 11. The molecule has 1 heterocycles. The monoisotopic (exact) mass is 360 g/mol. The van der Waals surface area contributed by atoms with Crippen molar-refractivity contribution in [3.05, 3.63) is 0 Å². The summed E-state index contributed by atoms with van der Waals surface area (Å²) in [6.45, 7) is 3.38. The zero-order valence-corrected chi connectivity index (χ0v) is 16.4. The van der Waals surface area contributed by atoms with E-state index in [0.29, 0.717) is 6.61 Å². The van der Waals surface area contributed by atoms with E-state index in [1.54, 1.807) is 14.2 Å². The first kappa shape index (κ1) is 22.1. The molecule has 0 saturated carbocycles. The van der Waals surface area contributed by atoms with Crippen molar-refractivity contribution in [3.8, 4) is 0 Å². The van der Waals surface area contributed by atoms with Gasteiger partial charge < -0.3 is 40.5 Å². The molecule has 22 heavy (non-hydrogen) atoms. The van der Waals surface area contributed by atoms with Crippen molar-refractivity contribution < 1.29 is 40.5 Å². The Morgan fingerprint density at radius 2 is 1.32 bits per heavy atom. The van der Waals surface area contributed by atoms with E-state index >= 15 is 0 Å². The zero-order chi connectivity index (χ0) is 17.1. The quantitative estimate of drug-likeness (QED) is 0.223. The molecule has 0 aromatic heterocycles. The molecule has 0 N–H and O–H groups in total. The van der Waals surface area contributed by atoms with Crippen LogP contribution in [0.2, 0.25) is 6.55 Å². The predicted molar refractivity (Wildman–Crippen MR) is 81.1 cm³/mol. The molecular weight excluding hydrogens is 332 g/mol. The van der Waals surface area contributed by atoms with Gasteiger partial charge in [-0.1, -0.05) is 0 Å². The first-order valence-electron chi connectivity index (χ1n) is 6.59. The Balaban J connectivity index is 0.000000433. The van der Waals surface area contributed by atoms with Gasteiger partial charge in [0.15, 0.2) is 0 Å². The summed E-state index contributed by atoms with van der Waals surface area (Å²) in [4.78, 5) is 0. The average Bonchev–Trinajstić information content (AvgIpc) is 3.39. The number of epoxide rings is 1. The Kier molecular flexibility index (Phi) is 11.6. The Morgan fingerprint density at radius 1 is 0.864 bits per heavy atom. The fourth-order valence-corrected chi connectivity index (χ4v) is 2.89. The van der Waals surface area contributed by atoms with E-state index in [2.05, 4.69) is 0 Å². The second-order valence-corrected chi connectivity index (χ2v) is 9.64. The van der Waals surface area contributed by atoms with Gasteiger partial charge in [-0.3, -0.25) is 0 Å². The summed E-state index contributed by atoms with van der Waals surface area (Å²) in [5, 5.41) is 0. The summed E-state index contributed by atoms with van der Waals surface area (Å²) in [7, 11) is 3.99. The van der Waals surface area contributed by atoms with Gasteiger partial charge in [0.25, 0.3) is 0 Å². The van der Waals surface area contributed by atoms with Gasteiger partial charge in [-0.2, -0.15) is 0 Å². The van der Waals surface area contributed by atoms with Gasteiger partial charge in [0.2, 0.25) is 0 Å². The summed E-state index contributed by atoms with van der Waals surface area (Å²) >= 11 is 0. The SMILES string of the molecule is CO[Si](C)(OC)OCOCC1CO1.CO[Si](OC)(OC)OC. The standard InChI is InChI=1S/C7H16O5Si.C4H12O4Si/c1-8-13(3,9-2)12-6-10-4-7-5-11-7;1-5-9(6-2,7-3)8-4/h7H,4-6H2,1-3H3;1-4H3. The van der Waals surface area contributed by atoms with Crippen LogP contribution in [0.25, 0.3) is 0 Å². The third-order valence-electron chi connectivity index (χ3n) is 2.85. The van der Waals surface area contributed by atoms with E-state index in [0.717, 1.165) is 6.61 Å². The maximum atomic E-state index is 5.32. The fourth-order valence-electron chi connectivity index (χ4n) is 1.19. The largest absolute Gasteiger partial charge is 0.678 e. The van der Waals surface area contributed by atoms with E-state index in [4.69, 9.17) is 40.5 Å². The maximum Gasteiger partial charge on any atom is 0.678 e. The van der Waals surface area contributed by atoms with Crippen LogP contribution in [0.3, 0.4) is 0 Å². The average molecular weight is 361 g/mol. The van der Waals surface area contributed by atoms with Crippen LogP contribution in [0.15, 0.2) is 0 Å². The van der Waals surface area contributed by atoms with Gasteiger partial charge in [0.05, 0.1) is 13.2 Å². The number of hydrogen-bond donors (Lipinski definition) is 0. The van der Waals surface area contributed by atoms with Crippen LogP contribution in [0, 0.1) is 0 Å². The first-order chi connectivity index (χ1) is 10.4. The van der Waals surface area contributed by atoms with Crippen LogP contribution in [0.5, 0.6) is 0 Å². The molecule has 1 saturated heterocycles. The molecule has 1 fully saturated rings. The molecule has 11 heteroatoms. The van der Waals surface area contributed by atoms with Gasteiger partial charge in [0.1, 0.15) is 12.9 Å². The van der Waals surface area contributed by atoms with Crippen molar-refractivity contribution in [2.24, 2.45) is 0 Å². The van der Waals surface area contributed by atoms with Crippen LogP contribution in [-0.4, -0.2) is 86.6 Å². The Labute approximate surface area is 134 Å². The fraction of sp³-hybridized carbons (Fsp3) is 1.00. The minimum atomic E-state index is -2.69. The maximum absolute atomic E-state index is 5.32. The lowest BCUT2D eigenvalue weighted by molar-refractivity contribution is -0.0344. The van der Waals surface area contributed by atoms with Crippen molar-refractivity contribution in [2.45, 2.75) is 12.7 Å². The van der Waals surface area contributed by atoms with E-state index in [1.165, 1.54) is 28.4 Å². The topological polar surface area (TPSA) is 86.4 Å². The van der Waals surface area contributed by atoms with Crippen molar-refractivity contribution >= 4 is 17.9 Å². The molecular formula is C11H28O9Si2. The summed E-state index contributed by atoms with van der Waals surface area (Å²) in [5.74, 6) is 0. The predicted octanol–water partition coefficient (Wildman–Crippen LogP) is 0.245. The number of hydrogen-bond acceptors (Lipinski definition) is 9. The molecule has 1 aliphatic rings. The molecule has 1 rings (SSSR count). The third kappa shape index (κ3) is 8.64. The highest BCUT2D eigenvalue weighted by Gasteiger charge is 2.40. The second-order valence-electron chi connectivity index (χ2n) is 4.18. The van der Waals surface area contributed by atoms with Crippen LogP contribution < -0.4 is 0 Å². The molecule has 1 atom stereocenters. The molecule has 1 aliphatic heterocycles. The lowest BCUT2D eigenvalue weighted by Crippen LogP contribution is -2.45. The molecule has 0 aromatic rings. The Hall–Kier alpha value is 0.0738. The molecule has 0 aromatic carbocycles. The van der Waals surface area contributed by atoms with Crippen LogP contribution in [0.4, 0.5) is 0 Å². The molecule has 0 spiro atoms. The molecule has 0 amide bonds. The Bertz CT molecular complexity index is 253. The smallest absolute Gasteiger partial charge is 0.377 e. The highest BCUT2D eigenvalue weighted by atomic mass is 28.4. The van der Waals surface area contributed by atoms with Crippen LogP contribution >= 0.6 is 0 Å². The lowest BCUT2D eigenvalue weighted by atomic mass is 10.5. The van der Waals surface area contributed by atoms with E-state index in [-0.39, 0.29) is 12.9 Å². The molecule has 134 valence electrons. The first-order valence-corrected chi connectivity index (χ1v) is 10.4. The zero-order valence-electron chi connectivity index (χ0n) is 14.4. The van der Waals surface area contributed by atoms with Crippen molar-refractivity contribution in [1.82, 2.24) is 0 Å². The van der Waals surface area contributed by atoms with Crippen molar-refractivity contribution in [1.29, 1.82) is 0 Å². The minimum absolute atomic E-state index is 0.199. The van der Waals surface area contributed by atoms with Gasteiger partial charge >= 0.3 is 17.9 Å². The highest BCUT2D eigenvalue weighted by molar-refractivity contribution is 6.59. The molecule has 0 bridgehead atoms. The summed E-state index contributed by atoms with van der Waals surface area (Å²) in [5.41, 5.74) is 0. The summed E-state index contributed by atoms with van der Waals surface area (Å²) in [6, 6.07) is 0. The van der Waals surface area contributed by atoms with Crippen LogP contribution in [-0.2, 0) is 40.5 Å². The molecule has 0 aliphatic carbocycles. The van der Waals surface area contributed by atoms with E-state index in [9.17, 15) is 0 Å². The lowest BCUT2D eigenvalue weighted by Gasteiger charge is -2.21. The normalized spacial score (nSPS) is 17.9. The summed E-state index contributed by atoms with van der Waals surface area (Å²) < 4.78 is 45.1.